The summed E-state index contributed by atoms with van der Waals surface area (Å²) in [6.45, 7) is 5.91. The topological polar surface area (TPSA) is 44.2 Å². The molecule has 2 aromatic heterocycles. The molecule has 4 nitrogen and oxygen atoms in total. The van der Waals surface area contributed by atoms with Gasteiger partial charge in [-0.05, 0) is 37.1 Å². The van der Waals surface area contributed by atoms with Crippen molar-refractivity contribution in [2.24, 2.45) is 0 Å². The summed E-state index contributed by atoms with van der Waals surface area (Å²) in [4.78, 5) is 8.28. The van der Waals surface area contributed by atoms with Crippen molar-refractivity contribution in [1.82, 2.24) is 9.97 Å². The van der Waals surface area contributed by atoms with Gasteiger partial charge in [-0.15, -0.1) is 0 Å². The van der Waals surface area contributed by atoms with Crippen LogP contribution in [0.4, 0.5) is 0 Å². The average molecular weight is 259 g/mol. The second-order valence-corrected chi connectivity index (χ2v) is 5.43. The lowest BCUT2D eigenvalue weighted by molar-refractivity contribution is 0.412. The Labute approximate surface area is 108 Å². The molecule has 0 amide bonds. The second kappa shape index (κ2) is 5.64. The lowest BCUT2D eigenvalue weighted by atomic mass is 10.3. The molecular formula is C13H15N2O2Si. The highest BCUT2D eigenvalue weighted by Crippen LogP contribution is 2.12. The minimum Gasteiger partial charge on any atom is -0.496 e. The van der Waals surface area contributed by atoms with Crippen molar-refractivity contribution in [3.63, 3.8) is 0 Å². The molecule has 0 fully saturated rings. The Bertz CT molecular complexity index is 486. The van der Waals surface area contributed by atoms with Crippen molar-refractivity contribution < 1.29 is 8.85 Å². The molecule has 2 rings (SSSR count). The average Bonchev–Trinajstić information content (AvgIpc) is 2.28. The maximum atomic E-state index is 5.67. The molecule has 0 unspecified atom stereocenters. The molecule has 2 aromatic rings. The van der Waals surface area contributed by atoms with Crippen molar-refractivity contribution in [3.05, 3.63) is 47.8 Å². The normalized spacial score (nSPS) is 10.4. The Hall–Kier alpha value is -1.88. The molecule has 5 heteroatoms. The molecule has 0 aliphatic carbocycles. The molecule has 0 bridgehead atoms. The molecule has 0 spiro atoms. The molecule has 0 aliphatic rings. The van der Waals surface area contributed by atoms with Gasteiger partial charge in [-0.3, -0.25) is 0 Å². The Morgan fingerprint density at radius 1 is 0.889 bits per heavy atom. The first-order valence-electron chi connectivity index (χ1n) is 5.68. The number of pyridine rings is 2. The van der Waals surface area contributed by atoms with Crippen LogP contribution in [0.1, 0.15) is 11.1 Å². The molecule has 18 heavy (non-hydrogen) atoms. The van der Waals surface area contributed by atoms with Gasteiger partial charge < -0.3 is 8.85 Å². The smallest absolute Gasteiger partial charge is 0.496 e. The van der Waals surface area contributed by atoms with E-state index in [-0.39, 0.29) is 0 Å². The predicted octanol–water partition coefficient (Wildman–Crippen LogP) is 2.67. The van der Waals surface area contributed by atoms with Crippen LogP contribution < -0.4 is 8.85 Å². The quantitative estimate of drug-likeness (QED) is 0.792. The van der Waals surface area contributed by atoms with E-state index >= 15 is 0 Å². The van der Waals surface area contributed by atoms with Crippen molar-refractivity contribution in [2.75, 3.05) is 0 Å². The molecule has 0 saturated carbocycles. The van der Waals surface area contributed by atoms with Gasteiger partial charge in [0.1, 0.15) is 0 Å². The predicted molar refractivity (Wildman–Crippen MR) is 70.8 cm³/mol. The summed E-state index contributed by atoms with van der Waals surface area (Å²) in [6.07, 6.45) is 3.45. The second-order valence-electron chi connectivity index (χ2n) is 4.04. The SMILES string of the molecule is Cc1ccnc(O[Si](C)Oc2cc(C)ccn2)c1. The van der Waals surface area contributed by atoms with Crippen LogP contribution in [0.3, 0.4) is 0 Å². The lowest BCUT2D eigenvalue weighted by Crippen LogP contribution is -2.26. The fraction of sp³-hybridized carbons (Fsp3) is 0.231. The zero-order valence-electron chi connectivity index (χ0n) is 10.7. The van der Waals surface area contributed by atoms with E-state index in [1.54, 1.807) is 12.4 Å². The maximum absolute atomic E-state index is 5.67. The van der Waals surface area contributed by atoms with Gasteiger partial charge in [0, 0.05) is 31.1 Å². The molecule has 0 aromatic carbocycles. The third kappa shape index (κ3) is 3.56. The third-order valence-electron chi connectivity index (χ3n) is 2.28. The van der Waals surface area contributed by atoms with Gasteiger partial charge in [-0.1, -0.05) is 0 Å². The van der Waals surface area contributed by atoms with E-state index in [1.165, 1.54) is 0 Å². The van der Waals surface area contributed by atoms with E-state index < -0.39 is 9.28 Å². The minimum absolute atomic E-state index is 0.596. The molecule has 0 aliphatic heterocycles. The fourth-order valence-corrected chi connectivity index (χ4v) is 2.30. The van der Waals surface area contributed by atoms with Gasteiger partial charge in [0.05, 0.1) is 0 Å². The Morgan fingerprint density at radius 3 is 1.72 bits per heavy atom. The number of rotatable bonds is 4. The summed E-state index contributed by atoms with van der Waals surface area (Å²) < 4.78 is 11.3. The van der Waals surface area contributed by atoms with Crippen LogP contribution in [-0.4, -0.2) is 19.3 Å². The van der Waals surface area contributed by atoms with Crippen LogP contribution >= 0.6 is 0 Å². The molecule has 2 heterocycles. The third-order valence-corrected chi connectivity index (χ3v) is 3.27. The Morgan fingerprint density at radius 2 is 1.33 bits per heavy atom. The van der Waals surface area contributed by atoms with E-state index in [9.17, 15) is 0 Å². The van der Waals surface area contributed by atoms with Gasteiger partial charge in [0.15, 0.2) is 0 Å². The Kier molecular flexibility index (Phi) is 3.94. The highest BCUT2D eigenvalue weighted by molar-refractivity contribution is 6.44. The highest BCUT2D eigenvalue weighted by Gasteiger charge is 2.14. The van der Waals surface area contributed by atoms with Gasteiger partial charge >= 0.3 is 9.28 Å². The Balaban J connectivity index is 1.98. The van der Waals surface area contributed by atoms with Crippen LogP contribution in [0, 0.1) is 13.8 Å². The summed E-state index contributed by atoms with van der Waals surface area (Å²) >= 11 is 0. The molecule has 1 radical (unpaired) electrons. The molecule has 93 valence electrons. The molecular weight excluding hydrogens is 244 g/mol. The van der Waals surface area contributed by atoms with Gasteiger partial charge in [0.25, 0.3) is 0 Å². The van der Waals surface area contributed by atoms with E-state index in [4.69, 9.17) is 8.85 Å². The maximum Gasteiger partial charge on any atom is 0.530 e. The summed E-state index contributed by atoms with van der Waals surface area (Å²) in [5.41, 5.74) is 2.23. The van der Waals surface area contributed by atoms with Crippen molar-refractivity contribution in [2.45, 2.75) is 20.4 Å². The summed E-state index contributed by atoms with van der Waals surface area (Å²) in [5.74, 6) is 1.19. The lowest BCUT2D eigenvalue weighted by Gasteiger charge is -2.12. The van der Waals surface area contributed by atoms with E-state index in [0.29, 0.717) is 11.8 Å². The zero-order chi connectivity index (χ0) is 13.0. The largest absolute Gasteiger partial charge is 0.530 e. The molecule has 0 N–H and O–H groups in total. The first-order chi connectivity index (χ1) is 8.63. The standard InChI is InChI=1S/C13H15N2O2Si/c1-10-4-6-14-12(8-10)16-18(3)17-13-9-11(2)5-7-15-13/h4-9H,1-3H3. The summed E-state index contributed by atoms with van der Waals surface area (Å²) in [7, 11) is -1.45. The van der Waals surface area contributed by atoms with E-state index in [1.807, 2.05) is 44.7 Å². The van der Waals surface area contributed by atoms with Crippen molar-refractivity contribution >= 4 is 9.28 Å². The first kappa shape index (κ1) is 12.6. The van der Waals surface area contributed by atoms with Gasteiger partial charge in [0.2, 0.25) is 11.8 Å². The first-order valence-corrected chi connectivity index (χ1v) is 7.50. The van der Waals surface area contributed by atoms with Crippen molar-refractivity contribution in [3.8, 4) is 11.8 Å². The van der Waals surface area contributed by atoms with Gasteiger partial charge in [-0.25, -0.2) is 9.97 Å². The number of aromatic nitrogens is 2. The van der Waals surface area contributed by atoms with Gasteiger partial charge in [-0.2, -0.15) is 0 Å². The number of aryl methyl sites for hydroxylation is 2. The minimum atomic E-state index is -1.45. The number of hydrogen-bond acceptors (Lipinski definition) is 4. The van der Waals surface area contributed by atoms with Crippen LogP contribution in [0.25, 0.3) is 0 Å². The van der Waals surface area contributed by atoms with E-state index in [0.717, 1.165) is 11.1 Å². The summed E-state index contributed by atoms with van der Waals surface area (Å²) in [5, 5.41) is 0. The molecule has 0 saturated heterocycles. The van der Waals surface area contributed by atoms with E-state index in [2.05, 4.69) is 9.97 Å². The molecule has 0 atom stereocenters. The number of nitrogens with zero attached hydrogens (tertiary/aromatic N) is 2. The van der Waals surface area contributed by atoms with Crippen molar-refractivity contribution in [1.29, 1.82) is 0 Å². The monoisotopic (exact) mass is 259 g/mol. The van der Waals surface area contributed by atoms with Crippen LogP contribution in [0.5, 0.6) is 11.8 Å². The number of hydrogen-bond donors (Lipinski definition) is 0. The fourth-order valence-electron chi connectivity index (χ4n) is 1.44. The van der Waals surface area contributed by atoms with Crippen LogP contribution in [-0.2, 0) is 0 Å². The van der Waals surface area contributed by atoms with Crippen LogP contribution in [0.2, 0.25) is 6.55 Å². The highest BCUT2D eigenvalue weighted by atomic mass is 28.3. The van der Waals surface area contributed by atoms with Crippen LogP contribution in [0.15, 0.2) is 36.7 Å². The zero-order valence-corrected chi connectivity index (χ0v) is 11.7. The summed E-state index contributed by atoms with van der Waals surface area (Å²) in [6, 6.07) is 7.64.